The van der Waals surface area contributed by atoms with Crippen LogP contribution in [-0.4, -0.2) is 72.6 Å². The maximum Gasteiger partial charge on any atom is 0.416 e. The van der Waals surface area contributed by atoms with E-state index < -0.39 is 45.6 Å². The first-order chi connectivity index (χ1) is 22.9. The van der Waals surface area contributed by atoms with Crippen LogP contribution in [0.15, 0.2) is 89.8 Å². The lowest BCUT2D eigenvalue weighted by Gasteiger charge is -2.49. The predicted molar refractivity (Wildman–Crippen MR) is 187 cm³/mol. The average Bonchev–Trinajstić information content (AvgIpc) is 3.06. The molecule has 3 aromatic rings. The fourth-order valence-corrected chi connectivity index (χ4v) is 8.31. The second-order valence-electron chi connectivity index (χ2n) is 13.1. The molecule has 0 bridgehead atoms. The van der Waals surface area contributed by atoms with Crippen molar-refractivity contribution in [3.8, 4) is 0 Å². The van der Waals surface area contributed by atoms with Gasteiger partial charge in [0.2, 0.25) is 15.9 Å². The molecule has 1 saturated carbocycles. The van der Waals surface area contributed by atoms with Crippen molar-refractivity contribution >= 4 is 27.7 Å². The minimum absolute atomic E-state index is 0.109. The molecule has 1 unspecified atom stereocenters. The molecule has 0 aliphatic heterocycles. The first-order valence-electron chi connectivity index (χ1n) is 16.7. The summed E-state index contributed by atoms with van der Waals surface area (Å²) in [5, 5.41) is 10.5. The van der Waals surface area contributed by atoms with Gasteiger partial charge in [-0.3, -0.25) is 4.79 Å². The van der Waals surface area contributed by atoms with Gasteiger partial charge in [0.25, 0.3) is 0 Å². The summed E-state index contributed by atoms with van der Waals surface area (Å²) in [6.45, 7) is 3.90. The number of aliphatic hydroxyl groups excluding tert-OH is 1. The van der Waals surface area contributed by atoms with Gasteiger partial charge >= 0.3 is 6.09 Å². The predicted octanol–water partition coefficient (Wildman–Crippen LogP) is 5.51. The van der Waals surface area contributed by atoms with Crippen LogP contribution >= 0.6 is 0 Å². The molecule has 0 heterocycles. The van der Waals surface area contributed by atoms with Gasteiger partial charge in [-0.15, -0.1) is 0 Å². The summed E-state index contributed by atoms with van der Waals surface area (Å²) in [5.41, 5.74) is 13.9. The number of nitrogens with two attached hydrogens (primary N) is 2. The second-order valence-corrected chi connectivity index (χ2v) is 15.0. The maximum atomic E-state index is 14.4. The van der Waals surface area contributed by atoms with Gasteiger partial charge in [0.1, 0.15) is 0 Å². The monoisotopic (exact) mass is 678 g/mol. The topological polar surface area (TPSA) is 156 Å². The van der Waals surface area contributed by atoms with Crippen LogP contribution in [0.3, 0.4) is 0 Å². The highest BCUT2D eigenvalue weighted by Crippen LogP contribution is 2.44. The van der Waals surface area contributed by atoms with Crippen molar-refractivity contribution in [3.05, 3.63) is 96.1 Å². The summed E-state index contributed by atoms with van der Waals surface area (Å²) >= 11 is 0. The van der Waals surface area contributed by atoms with E-state index in [4.69, 9.17) is 16.2 Å². The maximum absolute atomic E-state index is 14.4. The molecule has 1 fully saturated rings. The summed E-state index contributed by atoms with van der Waals surface area (Å²) in [6, 6.07) is 23.3. The molecule has 0 spiro atoms. The minimum atomic E-state index is -3.94. The molecule has 10 nitrogen and oxygen atoms in total. The molecule has 2 atom stereocenters. The van der Waals surface area contributed by atoms with Crippen molar-refractivity contribution in [1.82, 2.24) is 9.21 Å². The van der Waals surface area contributed by atoms with Crippen molar-refractivity contribution in [1.29, 1.82) is 0 Å². The van der Waals surface area contributed by atoms with E-state index in [0.717, 1.165) is 17.5 Å². The largest absolute Gasteiger partial charge is 0.452 e. The molecular weight excluding hydrogens is 628 g/mol. The quantitative estimate of drug-likeness (QED) is 0.167. The van der Waals surface area contributed by atoms with Crippen LogP contribution in [0.1, 0.15) is 75.8 Å². The van der Waals surface area contributed by atoms with E-state index in [0.29, 0.717) is 44.2 Å². The number of carbonyl (C=O) groups is 2. The van der Waals surface area contributed by atoms with E-state index >= 15 is 0 Å². The number of hydrogen-bond acceptors (Lipinski definition) is 8. The summed E-state index contributed by atoms with van der Waals surface area (Å²) in [4.78, 5) is 29.1. The standard InChI is InChI=1S/C37H50N4O6S/c1-27(2)21-25-40(48(45,46)32-19-17-30(38)18-20-32)31(26-42)16-10-22-37(23-11-24-37)41(36(44)47-3)35(43)34(39)33(28-12-6-4-7-13-28)29-14-8-5-9-15-29/h4-9,12-15,17-20,27,31,33-34,42H,10-11,16,21-26,38-39H2,1-3H3/t31?,34-/m0/s1. The van der Waals surface area contributed by atoms with Crippen LogP contribution in [0.2, 0.25) is 0 Å². The number of carbonyl (C=O) groups excluding carboxylic acids is 2. The number of methoxy groups -OCH3 is 1. The summed E-state index contributed by atoms with van der Waals surface area (Å²) in [6.07, 6.45) is 3.01. The van der Waals surface area contributed by atoms with Crippen LogP contribution in [-0.2, 0) is 19.6 Å². The lowest BCUT2D eigenvalue weighted by atomic mass is 9.71. The van der Waals surface area contributed by atoms with Crippen molar-refractivity contribution in [2.45, 2.75) is 87.2 Å². The number of sulfonamides is 1. The van der Waals surface area contributed by atoms with E-state index in [2.05, 4.69) is 0 Å². The Balaban J connectivity index is 1.58. The number of nitrogen functional groups attached to an aromatic ring is 1. The molecular formula is C37H50N4O6S. The molecule has 4 rings (SSSR count). The Morgan fingerprint density at radius 1 is 0.917 bits per heavy atom. The number of anilines is 1. The van der Waals surface area contributed by atoms with Gasteiger partial charge in [0, 0.05) is 24.2 Å². The van der Waals surface area contributed by atoms with Gasteiger partial charge in [-0.05, 0) is 86.3 Å². The van der Waals surface area contributed by atoms with Crippen molar-refractivity contribution in [2.24, 2.45) is 11.7 Å². The molecule has 5 N–H and O–H groups in total. The molecule has 48 heavy (non-hydrogen) atoms. The number of nitrogens with zero attached hydrogens (tertiary/aromatic N) is 2. The molecule has 260 valence electrons. The zero-order chi connectivity index (χ0) is 34.9. The van der Waals surface area contributed by atoms with Gasteiger partial charge in [-0.25, -0.2) is 18.1 Å². The van der Waals surface area contributed by atoms with Crippen LogP contribution in [0, 0.1) is 5.92 Å². The number of rotatable bonds is 16. The second kappa shape index (κ2) is 16.6. The zero-order valence-corrected chi connectivity index (χ0v) is 29.0. The van der Waals surface area contributed by atoms with Crippen molar-refractivity contribution < 1.29 is 27.9 Å². The fourth-order valence-electron chi connectivity index (χ4n) is 6.65. The number of hydrogen-bond donors (Lipinski definition) is 3. The molecule has 0 saturated heterocycles. The van der Waals surface area contributed by atoms with Crippen LogP contribution in [0.5, 0.6) is 0 Å². The number of ether oxygens (including phenoxy) is 1. The fraction of sp³-hybridized carbons (Fsp3) is 0.459. The van der Waals surface area contributed by atoms with Crippen molar-refractivity contribution in [2.75, 3.05) is 26.0 Å². The van der Waals surface area contributed by atoms with E-state index in [1.807, 2.05) is 74.5 Å². The Morgan fingerprint density at radius 2 is 1.48 bits per heavy atom. The number of amides is 2. The highest BCUT2D eigenvalue weighted by atomic mass is 32.2. The van der Waals surface area contributed by atoms with Crippen molar-refractivity contribution in [3.63, 3.8) is 0 Å². The summed E-state index contributed by atoms with van der Waals surface area (Å²) in [5.74, 6) is -0.787. The molecule has 1 aliphatic carbocycles. The van der Waals surface area contributed by atoms with Crippen LogP contribution in [0.25, 0.3) is 0 Å². The molecule has 11 heteroatoms. The van der Waals surface area contributed by atoms with Gasteiger partial charge in [-0.1, -0.05) is 74.5 Å². The highest BCUT2D eigenvalue weighted by Gasteiger charge is 2.50. The van der Waals surface area contributed by atoms with E-state index in [1.165, 1.54) is 28.4 Å². The van der Waals surface area contributed by atoms with Gasteiger partial charge in [0.05, 0.1) is 30.2 Å². The molecule has 3 aromatic carbocycles. The first kappa shape index (κ1) is 37.1. The Kier molecular flexibility index (Phi) is 12.8. The summed E-state index contributed by atoms with van der Waals surface area (Å²) in [7, 11) is -2.69. The summed E-state index contributed by atoms with van der Waals surface area (Å²) < 4.78 is 34.2. The van der Waals surface area contributed by atoms with E-state index in [9.17, 15) is 23.1 Å². The highest BCUT2D eigenvalue weighted by molar-refractivity contribution is 7.89. The van der Waals surface area contributed by atoms with Gasteiger partial charge in [-0.2, -0.15) is 4.31 Å². The minimum Gasteiger partial charge on any atom is -0.452 e. The molecule has 0 aromatic heterocycles. The van der Waals surface area contributed by atoms with Gasteiger partial charge < -0.3 is 21.3 Å². The Morgan fingerprint density at radius 3 is 1.94 bits per heavy atom. The Hall–Kier alpha value is -3.77. The zero-order valence-electron chi connectivity index (χ0n) is 28.2. The average molecular weight is 679 g/mol. The van der Waals surface area contributed by atoms with E-state index in [1.54, 1.807) is 12.1 Å². The van der Waals surface area contributed by atoms with Crippen LogP contribution < -0.4 is 11.5 Å². The lowest BCUT2D eigenvalue weighted by Crippen LogP contribution is -2.62. The number of aliphatic hydroxyl groups is 1. The molecule has 0 radical (unpaired) electrons. The first-order valence-corrected chi connectivity index (χ1v) is 18.1. The van der Waals surface area contributed by atoms with E-state index in [-0.39, 0.29) is 24.0 Å². The Labute approximate surface area is 285 Å². The number of imide groups is 1. The Bertz CT molecular complexity index is 1540. The normalized spacial score (nSPS) is 15.6. The molecule has 2 amide bonds. The third-order valence-corrected chi connectivity index (χ3v) is 11.5. The lowest BCUT2D eigenvalue weighted by molar-refractivity contribution is -0.140. The third kappa shape index (κ3) is 8.44. The van der Waals surface area contributed by atoms with Gasteiger partial charge in [0.15, 0.2) is 0 Å². The number of benzene rings is 3. The van der Waals surface area contributed by atoms with Crippen LogP contribution in [0.4, 0.5) is 10.5 Å². The SMILES string of the molecule is COC(=O)N(C(=O)[C@@H](N)C(c1ccccc1)c1ccccc1)C1(CCCC(CO)N(CCC(C)C)S(=O)(=O)c2ccc(N)cc2)CCC1. The molecule has 1 aliphatic rings. The third-order valence-electron chi connectivity index (χ3n) is 9.51. The smallest absolute Gasteiger partial charge is 0.416 e.